The average molecular weight is 211 g/mol. The number of hydrogen-bond acceptors (Lipinski definition) is 4. The lowest BCUT2D eigenvalue weighted by Crippen LogP contribution is -2.19. The highest BCUT2D eigenvalue weighted by Gasteiger charge is 2.15. The van der Waals surface area contributed by atoms with Crippen LogP contribution in [0.1, 0.15) is 31.5 Å². The van der Waals surface area contributed by atoms with Gasteiger partial charge in [0, 0.05) is 12.7 Å². The number of methoxy groups -OCH3 is 1. The van der Waals surface area contributed by atoms with Gasteiger partial charge < -0.3 is 15.0 Å². The zero-order valence-electron chi connectivity index (χ0n) is 9.14. The number of ether oxygens (including phenoxy) is 1. The van der Waals surface area contributed by atoms with Crippen LogP contribution in [0, 0.1) is 0 Å². The van der Waals surface area contributed by atoms with Gasteiger partial charge in [0.2, 0.25) is 0 Å². The fourth-order valence-corrected chi connectivity index (χ4v) is 1.43. The molecule has 0 saturated heterocycles. The molecule has 5 nitrogen and oxygen atoms in total. The molecular weight excluding hydrogens is 194 g/mol. The Morgan fingerprint density at radius 3 is 3.07 bits per heavy atom. The Balaban J connectivity index is 2.68. The quantitative estimate of drug-likeness (QED) is 0.733. The van der Waals surface area contributed by atoms with Gasteiger partial charge in [-0.2, -0.15) is 0 Å². The van der Waals surface area contributed by atoms with E-state index in [1.807, 2.05) is 4.57 Å². The molecule has 0 aliphatic carbocycles. The Morgan fingerprint density at radius 1 is 1.73 bits per heavy atom. The van der Waals surface area contributed by atoms with Gasteiger partial charge >= 0.3 is 5.97 Å². The molecule has 0 bridgehead atoms. The number of carbonyl (C=O) groups is 1. The highest BCUT2D eigenvalue weighted by Crippen LogP contribution is 2.14. The fourth-order valence-electron chi connectivity index (χ4n) is 1.43. The second-order valence-electron chi connectivity index (χ2n) is 3.40. The Morgan fingerprint density at radius 2 is 2.47 bits per heavy atom. The zero-order valence-corrected chi connectivity index (χ0v) is 9.14. The SMILES string of the molecule is CCCn1cncc1[C@H](N)CC(=O)OC. The Labute approximate surface area is 89.2 Å². The number of rotatable bonds is 5. The number of nitrogens with two attached hydrogens (primary N) is 1. The van der Waals surface area contributed by atoms with Gasteiger partial charge in [-0.05, 0) is 6.42 Å². The van der Waals surface area contributed by atoms with E-state index in [-0.39, 0.29) is 18.4 Å². The summed E-state index contributed by atoms with van der Waals surface area (Å²) in [6, 6.07) is -0.341. The van der Waals surface area contributed by atoms with E-state index in [0.29, 0.717) is 0 Å². The predicted molar refractivity (Wildman–Crippen MR) is 56.1 cm³/mol. The third-order valence-electron chi connectivity index (χ3n) is 2.20. The molecule has 0 saturated carbocycles. The molecule has 15 heavy (non-hydrogen) atoms. The Kier molecular flexibility index (Phi) is 4.30. The van der Waals surface area contributed by atoms with Crippen molar-refractivity contribution >= 4 is 5.97 Å². The van der Waals surface area contributed by atoms with Crippen molar-refractivity contribution in [1.29, 1.82) is 0 Å². The molecule has 1 atom stereocenters. The number of hydrogen-bond donors (Lipinski definition) is 1. The van der Waals surface area contributed by atoms with Crippen molar-refractivity contribution in [1.82, 2.24) is 9.55 Å². The monoisotopic (exact) mass is 211 g/mol. The zero-order chi connectivity index (χ0) is 11.3. The molecule has 0 aliphatic heterocycles. The first-order valence-electron chi connectivity index (χ1n) is 5.01. The highest BCUT2D eigenvalue weighted by atomic mass is 16.5. The topological polar surface area (TPSA) is 70.1 Å². The summed E-state index contributed by atoms with van der Waals surface area (Å²) in [7, 11) is 1.36. The summed E-state index contributed by atoms with van der Waals surface area (Å²) in [5, 5.41) is 0. The van der Waals surface area contributed by atoms with E-state index in [2.05, 4.69) is 16.6 Å². The molecule has 5 heteroatoms. The van der Waals surface area contributed by atoms with E-state index in [1.165, 1.54) is 7.11 Å². The third-order valence-corrected chi connectivity index (χ3v) is 2.20. The lowest BCUT2D eigenvalue weighted by Gasteiger charge is -2.12. The summed E-state index contributed by atoms with van der Waals surface area (Å²) in [6.07, 6.45) is 4.62. The largest absolute Gasteiger partial charge is 0.469 e. The summed E-state index contributed by atoms with van der Waals surface area (Å²) in [5.74, 6) is -0.299. The molecule has 0 spiro atoms. The second kappa shape index (κ2) is 5.50. The fraction of sp³-hybridized carbons (Fsp3) is 0.600. The molecule has 1 rings (SSSR count). The van der Waals surface area contributed by atoms with Crippen molar-refractivity contribution in [2.24, 2.45) is 5.73 Å². The average Bonchev–Trinajstić information content (AvgIpc) is 2.66. The summed E-state index contributed by atoms with van der Waals surface area (Å²) < 4.78 is 6.54. The van der Waals surface area contributed by atoms with E-state index in [0.717, 1.165) is 18.7 Å². The smallest absolute Gasteiger partial charge is 0.307 e. The first-order valence-corrected chi connectivity index (χ1v) is 5.01. The van der Waals surface area contributed by atoms with Crippen LogP contribution in [-0.4, -0.2) is 22.6 Å². The molecule has 1 aromatic heterocycles. The van der Waals surface area contributed by atoms with E-state index in [4.69, 9.17) is 5.73 Å². The van der Waals surface area contributed by atoms with Gasteiger partial charge in [-0.25, -0.2) is 4.98 Å². The molecule has 1 aromatic rings. The summed E-state index contributed by atoms with van der Waals surface area (Å²) in [5.41, 5.74) is 6.76. The number of aryl methyl sites for hydroxylation is 1. The molecule has 2 N–H and O–H groups in total. The van der Waals surface area contributed by atoms with Gasteiger partial charge in [-0.1, -0.05) is 6.92 Å². The molecule has 0 amide bonds. The van der Waals surface area contributed by atoms with E-state index < -0.39 is 0 Å². The van der Waals surface area contributed by atoms with Gasteiger partial charge in [0.15, 0.2) is 0 Å². The highest BCUT2D eigenvalue weighted by molar-refractivity contribution is 5.70. The standard InChI is InChI=1S/C10H17N3O2/c1-3-4-13-7-12-6-9(13)8(11)5-10(14)15-2/h6-8H,3-5,11H2,1-2H3/t8-/m1/s1. The minimum absolute atomic E-state index is 0.186. The number of aromatic nitrogens is 2. The van der Waals surface area contributed by atoms with Crippen molar-refractivity contribution in [3.05, 3.63) is 18.2 Å². The van der Waals surface area contributed by atoms with Crippen LogP contribution in [0.2, 0.25) is 0 Å². The van der Waals surface area contributed by atoms with E-state index >= 15 is 0 Å². The van der Waals surface area contributed by atoms with E-state index in [1.54, 1.807) is 12.5 Å². The third kappa shape index (κ3) is 3.06. The van der Waals surface area contributed by atoms with Crippen molar-refractivity contribution in [3.63, 3.8) is 0 Å². The lowest BCUT2D eigenvalue weighted by molar-refractivity contribution is -0.141. The van der Waals surface area contributed by atoms with E-state index in [9.17, 15) is 4.79 Å². The van der Waals surface area contributed by atoms with Gasteiger partial charge in [0.05, 0.1) is 31.6 Å². The van der Waals surface area contributed by atoms with Gasteiger partial charge in [0.1, 0.15) is 0 Å². The normalized spacial score (nSPS) is 12.5. The molecule has 0 aromatic carbocycles. The maximum absolute atomic E-state index is 11.1. The van der Waals surface area contributed by atoms with Gasteiger partial charge in [-0.15, -0.1) is 0 Å². The number of carbonyl (C=O) groups excluding carboxylic acids is 1. The van der Waals surface area contributed by atoms with Crippen LogP contribution >= 0.6 is 0 Å². The van der Waals surface area contributed by atoms with Crippen molar-refractivity contribution in [2.75, 3.05) is 7.11 Å². The lowest BCUT2D eigenvalue weighted by atomic mass is 10.1. The number of esters is 1. The van der Waals surface area contributed by atoms with Crippen molar-refractivity contribution < 1.29 is 9.53 Å². The Bertz CT molecular complexity index is 322. The summed E-state index contributed by atoms with van der Waals surface area (Å²) in [6.45, 7) is 2.94. The van der Waals surface area contributed by atoms with Crippen LogP contribution in [-0.2, 0) is 16.1 Å². The minimum atomic E-state index is -0.341. The van der Waals surface area contributed by atoms with Crippen LogP contribution in [0.15, 0.2) is 12.5 Å². The summed E-state index contributed by atoms with van der Waals surface area (Å²) >= 11 is 0. The number of imidazole rings is 1. The molecular formula is C10H17N3O2. The van der Waals surface area contributed by atoms with Crippen molar-refractivity contribution in [3.8, 4) is 0 Å². The molecule has 0 radical (unpaired) electrons. The van der Waals surface area contributed by atoms with Crippen LogP contribution in [0.3, 0.4) is 0 Å². The first-order chi connectivity index (χ1) is 7.19. The van der Waals surface area contributed by atoms with Gasteiger partial charge in [0.25, 0.3) is 0 Å². The van der Waals surface area contributed by atoms with Crippen LogP contribution in [0.4, 0.5) is 0 Å². The van der Waals surface area contributed by atoms with Crippen molar-refractivity contribution in [2.45, 2.75) is 32.4 Å². The molecule has 84 valence electrons. The number of nitrogens with zero attached hydrogens (tertiary/aromatic N) is 2. The predicted octanol–water partition coefficient (Wildman–Crippen LogP) is 0.856. The molecule has 0 aliphatic rings. The maximum atomic E-state index is 11.1. The first kappa shape index (κ1) is 11.7. The van der Waals surface area contributed by atoms with Gasteiger partial charge in [-0.3, -0.25) is 4.79 Å². The molecule has 1 heterocycles. The minimum Gasteiger partial charge on any atom is -0.469 e. The molecule has 0 fully saturated rings. The molecule has 0 unspecified atom stereocenters. The van der Waals surface area contributed by atoms with Crippen LogP contribution in [0.5, 0.6) is 0 Å². The second-order valence-corrected chi connectivity index (χ2v) is 3.40. The van der Waals surface area contributed by atoms with Crippen LogP contribution < -0.4 is 5.73 Å². The summed E-state index contributed by atoms with van der Waals surface area (Å²) in [4.78, 5) is 15.1. The Hall–Kier alpha value is -1.36. The maximum Gasteiger partial charge on any atom is 0.307 e. The van der Waals surface area contributed by atoms with Crippen LogP contribution in [0.25, 0.3) is 0 Å².